The van der Waals surface area contributed by atoms with Crippen molar-refractivity contribution in [1.29, 1.82) is 0 Å². The summed E-state index contributed by atoms with van der Waals surface area (Å²) in [5.41, 5.74) is 5.26. The molecular formula is C15H28N2O. The van der Waals surface area contributed by atoms with E-state index >= 15 is 0 Å². The highest BCUT2D eigenvalue weighted by atomic mass is 16.1. The standard InChI is InChI=1S/C15H28N2O/c1-11(2)12-9-15(10-12,14(16)18)17-13-7-5-3-4-6-8-13/h11-13,17H,3-10H2,1-2H3,(H2,16,18). The molecule has 0 heterocycles. The van der Waals surface area contributed by atoms with Crippen LogP contribution in [0.5, 0.6) is 0 Å². The van der Waals surface area contributed by atoms with Crippen LogP contribution in [0.4, 0.5) is 0 Å². The second-order valence-electron chi connectivity index (χ2n) is 6.69. The maximum atomic E-state index is 11.8. The Labute approximate surface area is 111 Å². The van der Waals surface area contributed by atoms with E-state index in [2.05, 4.69) is 19.2 Å². The van der Waals surface area contributed by atoms with Crippen LogP contribution < -0.4 is 11.1 Å². The molecule has 2 saturated carbocycles. The smallest absolute Gasteiger partial charge is 0.237 e. The second-order valence-corrected chi connectivity index (χ2v) is 6.69. The number of carbonyl (C=O) groups excluding carboxylic acids is 1. The lowest BCUT2D eigenvalue weighted by atomic mass is 9.63. The molecule has 0 aromatic rings. The minimum absolute atomic E-state index is 0.136. The molecule has 3 nitrogen and oxygen atoms in total. The first-order chi connectivity index (χ1) is 8.53. The molecule has 0 spiro atoms. The van der Waals surface area contributed by atoms with Crippen LogP contribution in [0, 0.1) is 11.8 Å². The zero-order chi connectivity index (χ0) is 13.2. The number of nitrogens with two attached hydrogens (primary N) is 1. The molecule has 0 atom stereocenters. The van der Waals surface area contributed by atoms with E-state index in [4.69, 9.17) is 5.73 Å². The van der Waals surface area contributed by atoms with Gasteiger partial charge < -0.3 is 11.1 Å². The van der Waals surface area contributed by atoms with Crippen molar-refractivity contribution in [3.05, 3.63) is 0 Å². The fourth-order valence-corrected chi connectivity index (χ4v) is 3.51. The molecule has 104 valence electrons. The van der Waals surface area contributed by atoms with Crippen molar-refractivity contribution in [2.45, 2.75) is 76.8 Å². The number of carbonyl (C=O) groups is 1. The number of rotatable bonds is 4. The van der Waals surface area contributed by atoms with Crippen LogP contribution in [-0.2, 0) is 4.79 Å². The summed E-state index contributed by atoms with van der Waals surface area (Å²) in [5, 5.41) is 3.62. The highest BCUT2D eigenvalue weighted by Crippen LogP contribution is 2.42. The predicted molar refractivity (Wildman–Crippen MR) is 74.1 cm³/mol. The topological polar surface area (TPSA) is 55.1 Å². The van der Waals surface area contributed by atoms with Crippen LogP contribution in [-0.4, -0.2) is 17.5 Å². The van der Waals surface area contributed by atoms with E-state index in [1.54, 1.807) is 0 Å². The summed E-state index contributed by atoms with van der Waals surface area (Å²) < 4.78 is 0. The molecule has 0 radical (unpaired) electrons. The fraction of sp³-hybridized carbons (Fsp3) is 0.933. The first-order valence-corrected chi connectivity index (χ1v) is 7.61. The lowest BCUT2D eigenvalue weighted by molar-refractivity contribution is -0.131. The van der Waals surface area contributed by atoms with Gasteiger partial charge in [0.05, 0.1) is 5.54 Å². The van der Waals surface area contributed by atoms with Crippen molar-refractivity contribution < 1.29 is 4.79 Å². The summed E-state index contributed by atoms with van der Waals surface area (Å²) in [4.78, 5) is 11.8. The first kappa shape index (κ1) is 13.9. The molecule has 18 heavy (non-hydrogen) atoms. The maximum absolute atomic E-state index is 11.8. The molecule has 3 N–H and O–H groups in total. The highest BCUT2D eigenvalue weighted by molar-refractivity contribution is 5.86. The molecule has 1 amide bonds. The molecule has 0 aromatic carbocycles. The molecule has 0 aromatic heterocycles. The number of primary amides is 1. The van der Waals surface area contributed by atoms with Crippen molar-refractivity contribution in [3.63, 3.8) is 0 Å². The van der Waals surface area contributed by atoms with Crippen LogP contribution in [0.15, 0.2) is 0 Å². The number of nitrogens with one attached hydrogen (secondary N) is 1. The van der Waals surface area contributed by atoms with Gasteiger partial charge in [-0.2, -0.15) is 0 Å². The molecule has 0 bridgehead atoms. The van der Waals surface area contributed by atoms with Crippen LogP contribution in [0.25, 0.3) is 0 Å². The Morgan fingerprint density at radius 3 is 2.17 bits per heavy atom. The van der Waals surface area contributed by atoms with Crippen molar-refractivity contribution >= 4 is 5.91 Å². The number of hydrogen-bond acceptors (Lipinski definition) is 2. The summed E-state index contributed by atoms with van der Waals surface area (Å²) in [5.74, 6) is 1.19. The average molecular weight is 252 g/mol. The lowest BCUT2D eigenvalue weighted by Crippen LogP contribution is -2.66. The summed E-state index contributed by atoms with van der Waals surface area (Å²) in [7, 11) is 0. The maximum Gasteiger partial charge on any atom is 0.237 e. The van der Waals surface area contributed by atoms with Crippen molar-refractivity contribution in [2.24, 2.45) is 17.6 Å². The van der Waals surface area contributed by atoms with E-state index in [0.29, 0.717) is 17.9 Å². The van der Waals surface area contributed by atoms with Crippen molar-refractivity contribution in [3.8, 4) is 0 Å². The molecule has 2 fully saturated rings. The normalized spacial score (nSPS) is 34.1. The van der Waals surface area contributed by atoms with Crippen LogP contribution in [0.3, 0.4) is 0 Å². The van der Waals surface area contributed by atoms with Gasteiger partial charge in [0.25, 0.3) is 0 Å². The molecule has 2 rings (SSSR count). The van der Waals surface area contributed by atoms with E-state index in [9.17, 15) is 4.79 Å². The Balaban J connectivity index is 1.93. The van der Waals surface area contributed by atoms with Gasteiger partial charge in [-0.15, -0.1) is 0 Å². The largest absolute Gasteiger partial charge is 0.368 e. The Hall–Kier alpha value is -0.570. The molecule has 0 unspecified atom stereocenters. The number of amides is 1. The van der Waals surface area contributed by atoms with Gasteiger partial charge in [-0.05, 0) is 37.5 Å². The van der Waals surface area contributed by atoms with Gasteiger partial charge >= 0.3 is 0 Å². The molecule has 2 aliphatic rings. The molecular weight excluding hydrogens is 224 g/mol. The summed E-state index contributed by atoms with van der Waals surface area (Å²) in [6, 6.07) is 0.508. The lowest BCUT2D eigenvalue weighted by Gasteiger charge is -2.49. The Morgan fingerprint density at radius 2 is 1.72 bits per heavy atom. The van der Waals surface area contributed by atoms with Crippen LogP contribution >= 0.6 is 0 Å². The second kappa shape index (κ2) is 5.60. The fourth-order valence-electron chi connectivity index (χ4n) is 3.51. The third kappa shape index (κ3) is 2.87. The van der Waals surface area contributed by atoms with E-state index in [1.165, 1.54) is 38.5 Å². The Kier molecular flexibility index (Phi) is 4.31. The Morgan fingerprint density at radius 1 is 1.17 bits per heavy atom. The zero-order valence-electron chi connectivity index (χ0n) is 11.9. The van der Waals surface area contributed by atoms with E-state index in [0.717, 1.165) is 12.8 Å². The third-order valence-corrected chi connectivity index (χ3v) is 4.97. The quantitative estimate of drug-likeness (QED) is 0.756. The predicted octanol–water partition coefficient (Wildman–Crippen LogP) is 2.59. The zero-order valence-corrected chi connectivity index (χ0v) is 11.9. The van der Waals surface area contributed by atoms with E-state index in [1.807, 2.05) is 0 Å². The monoisotopic (exact) mass is 252 g/mol. The third-order valence-electron chi connectivity index (χ3n) is 4.97. The SMILES string of the molecule is CC(C)C1CC(NC2CCCCCC2)(C(N)=O)C1. The summed E-state index contributed by atoms with van der Waals surface area (Å²) in [6.45, 7) is 4.47. The van der Waals surface area contributed by atoms with Gasteiger partial charge in [0, 0.05) is 6.04 Å². The van der Waals surface area contributed by atoms with Gasteiger partial charge in [-0.25, -0.2) is 0 Å². The van der Waals surface area contributed by atoms with Crippen LogP contribution in [0.1, 0.15) is 65.2 Å². The van der Waals surface area contributed by atoms with Crippen molar-refractivity contribution in [2.75, 3.05) is 0 Å². The van der Waals surface area contributed by atoms with E-state index < -0.39 is 0 Å². The highest BCUT2D eigenvalue weighted by Gasteiger charge is 2.50. The van der Waals surface area contributed by atoms with Gasteiger partial charge in [-0.1, -0.05) is 39.5 Å². The Bertz CT molecular complexity index is 287. The minimum atomic E-state index is -0.385. The average Bonchev–Trinajstić information content (AvgIpc) is 2.49. The van der Waals surface area contributed by atoms with Gasteiger partial charge in [-0.3, -0.25) is 4.79 Å². The molecule has 3 heteroatoms. The van der Waals surface area contributed by atoms with Crippen molar-refractivity contribution in [1.82, 2.24) is 5.32 Å². The van der Waals surface area contributed by atoms with Gasteiger partial charge in [0.15, 0.2) is 0 Å². The molecule has 2 aliphatic carbocycles. The number of hydrogen-bond donors (Lipinski definition) is 2. The van der Waals surface area contributed by atoms with Crippen LogP contribution in [0.2, 0.25) is 0 Å². The summed E-state index contributed by atoms with van der Waals surface area (Å²) in [6.07, 6.45) is 9.57. The minimum Gasteiger partial charge on any atom is -0.368 e. The van der Waals surface area contributed by atoms with Gasteiger partial charge in [0.1, 0.15) is 0 Å². The molecule has 0 saturated heterocycles. The first-order valence-electron chi connectivity index (χ1n) is 7.61. The summed E-state index contributed by atoms with van der Waals surface area (Å²) >= 11 is 0. The molecule has 0 aliphatic heterocycles. The van der Waals surface area contributed by atoms with E-state index in [-0.39, 0.29) is 11.4 Å². The van der Waals surface area contributed by atoms with Gasteiger partial charge in [0.2, 0.25) is 5.91 Å².